The molecule has 0 saturated carbocycles. The maximum atomic E-state index is 6.73. The molecule has 7 heteroatoms. The van der Waals surface area contributed by atoms with E-state index in [4.69, 9.17) is 26.6 Å². The summed E-state index contributed by atoms with van der Waals surface area (Å²) in [5.41, 5.74) is 13.6. The van der Waals surface area contributed by atoms with Gasteiger partial charge in [-0.15, -0.1) is 0 Å². The first-order chi connectivity index (χ1) is 20.7. The number of aryl methyl sites for hydroxylation is 6. The van der Waals surface area contributed by atoms with Gasteiger partial charge in [0.1, 0.15) is 0 Å². The molecule has 3 aromatic rings. The normalized spacial score (nSPS) is 11.5. The van der Waals surface area contributed by atoms with E-state index in [9.17, 15) is 0 Å². The van der Waals surface area contributed by atoms with E-state index in [1.807, 2.05) is 12.1 Å². The van der Waals surface area contributed by atoms with E-state index in [-0.39, 0.29) is 41.6 Å². The van der Waals surface area contributed by atoms with Gasteiger partial charge in [-0.05, 0) is 113 Å². The molecule has 0 aliphatic rings. The Kier molecular flexibility index (Phi) is 22.0. The number of unbranched alkanes of at least 4 members (excludes halogenated alkanes) is 4. The first-order valence-electron chi connectivity index (χ1n) is 16.7. The van der Waals surface area contributed by atoms with Gasteiger partial charge in [-0.1, -0.05) is 100 Å². The largest absolute Gasteiger partial charge is 2.00 e. The molecule has 0 bridgehead atoms. The van der Waals surface area contributed by atoms with E-state index in [0.717, 1.165) is 85.6 Å². The van der Waals surface area contributed by atoms with Gasteiger partial charge in [-0.25, -0.2) is 4.98 Å². The number of hydrogen-bond acceptors (Lipinski definition) is 3. The fourth-order valence-corrected chi connectivity index (χ4v) is 5.91. The summed E-state index contributed by atoms with van der Waals surface area (Å²) in [6.45, 7) is 17.5. The summed E-state index contributed by atoms with van der Waals surface area (Å²) < 4.78 is 0. The zero-order valence-corrected chi connectivity index (χ0v) is 32.6. The molecule has 0 spiro atoms. The summed E-state index contributed by atoms with van der Waals surface area (Å²) in [5, 5.41) is 0.659. The van der Waals surface area contributed by atoms with Crippen LogP contribution in [-0.4, -0.2) is 16.4 Å². The number of halogens is 3. The molecular weight excluding hydrogens is 676 g/mol. The Morgan fingerprint density at radius 2 is 0.848 bits per heavy atom. The van der Waals surface area contributed by atoms with Gasteiger partial charge in [0.2, 0.25) is 0 Å². The number of rotatable bonds is 16. The molecule has 0 unspecified atom stereocenters. The summed E-state index contributed by atoms with van der Waals surface area (Å²) in [6.07, 6.45) is 13.5. The third-order valence-corrected chi connectivity index (χ3v) is 8.33. The maximum absolute atomic E-state index is 6.73. The van der Waals surface area contributed by atoms with Crippen LogP contribution < -0.4 is 24.8 Å². The van der Waals surface area contributed by atoms with Crippen molar-refractivity contribution in [2.45, 2.75) is 132 Å². The molecule has 0 amide bonds. The zero-order chi connectivity index (χ0) is 31.4. The summed E-state index contributed by atoms with van der Waals surface area (Å²) in [5.74, 6) is 0. The monoisotopic (exact) mass is 728 g/mol. The SMILES string of the molecule is CCCCc1cc(C)cc(CCCC)c1N=C(C)c1cc(Cl)cc(C(C)=Nc2c(CCCC)cc(C)cc2CCCC)n1.[Cl-].[Cl-].[Co+2]. The van der Waals surface area contributed by atoms with Crippen LogP contribution in [0.4, 0.5) is 11.4 Å². The van der Waals surface area contributed by atoms with Crippen molar-refractivity contribution >= 4 is 34.4 Å². The second kappa shape index (κ2) is 22.8. The van der Waals surface area contributed by atoms with E-state index in [1.165, 1.54) is 59.1 Å². The van der Waals surface area contributed by atoms with Gasteiger partial charge in [0.25, 0.3) is 0 Å². The van der Waals surface area contributed by atoms with Crippen molar-refractivity contribution in [2.75, 3.05) is 0 Å². The molecule has 46 heavy (non-hydrogen) atoms. The van der Waals surface area contributed by atoms with Crippen LogP contribution in [-0.2, 0) is 42.5 Å². The van der Waals surface area contributed by atoms with Gasteiger partial charge in [-0.2, -0.15) is 0 Å². The average Bonchev–Trinajstić information content (AvgIpc) is 2.98. The molecule has 0 aliphatic heterocycles. The number of aliphatic imine (C=N–C) groups is 2. The molecule has 0 fully saturated rings. The average molecular weight is 730 g/mol. The van der Waals surface area contributed by atoms with E-state index in [1.54, 1.807) is 0 Å². The Balaban J connectivity index is 0.00000675. The molecule has 3 nitrogen and oxygen atoms in total. The molecule has 0 saturated heterocycles. The Morgan fingerprint density at radius 1 is 0.565 bits per heavy atom. The van der Waals surface area contributed by atoms with Crippen LogP contribution in [0.5, 0.6) is 0 Å². The van der Waals surface area contributed by atoms with Gasteiger partial charge in [0.05, 0.1) is 34.2 Å². The number of pyridine rings is 1. The maximum Gasteiger partial charge on any atom is 2.00 e. The van der Waals surface area contributed by atoms with Crippen molar-refractivity contribution in [1.82, 2.24) is 4.98 Å². The number of aromatic nitrogens is 1. The van der Waals surface area contributed by atoms with E-state index in [0.29, 0.717) is 5.02 Å². The van der Waals surface area contributed by atoms with Crippen molar-refractivity contribution in [3.05, 3.63) is 86.2 Å². The molecule has 1 aromatic heterocycles. The van der Waals surface area contributed by atoms with Crippen molar-refractivity contribution in [3.63, 3.8) is 0 Å². The van der Waals surface area contributed by atoms with Crippen LogP contribution >= 0.6 is 11.6 Å². The Hall–Kier alpha value is -1.69. The minimum absolute atomic E-state index is 0. The van der Waals surface area contributed by atoms with Crippen LogP contribution in [0.3, 0.4) is 0 Å². The topological polar surface area (TPSA) is 37.6 Å². The second-order valence-electron chi connectivity index (χ2n) is 12.2. The van der Waals surface area contributed by atoms with Crippen molar-refractivity contribution in [1.29, 1.82) is 0 Å². The molecule has 0 atom stereocenters. The van der Waals surface area contributed by atoms with E-state index < -0.39 is 0 Å². The second-order valence-corrected chi connectivity index (χ2v) is 12.7. The minimum atomic E-state index is 0. The Bertz CT molecular complexity index is 1270. The summed E-state index contributed by atoms with van der Waals surface area (Å²) in [7, 11) is 0. The van der Waals surface area contributed by atoms with Crippen LogP contribution in [0.15, 0.2) is 46.4 Å². The summed E-state index contributed by atoms with van der Waals surface area (Å²) in [6, 6.07) is 13.1. The smallest absolute Gasteiger partial charge is 1.00 e. The standard InChI is InChI=1S/C39H54ClN3.2ClH.Co/c1-9-13-17-31-21-27(5)22-32(18-14-10-2)38(31)41-29(7)36-25-35(40)26-37(43-36)30(8)42-39-33(19-15-11-3)23-28(6)24-34(39)20-16-12-4;;;/h21-26H,9-20H2,1-8H3;2*1H;/q;;;+2/p-2. The minimum Gasteiger partial charge on any atom is -1.00 e. The van der Waals surface area contributed by atoms with Gasteiger partial charge in [0.15, 0.2) is 0 Å². The molecule has 1 radical (unpaired) electrons. The van der Waals surface area contributed by atoms with Crippen LogP contribution in [0, 0.1) is 13.8 Å². The first-order valence-corrected chi connectivity index (χ1v) is 17.1. The predicted molar refractivity (Wildman–Crippen MR) is 190 cm³/mol. The zero-order valence-electron chi connectivity index (χ0n) is 29.3. The quantitative estimate of drug-likeness (QED) is 0.167. The molecule has 0 aliphatic carbocycles. The van der Waals surface area contributed by atoms with Crippen molar-refractivity contribution in [2.24, 2.45) is 9.98 Å². The van der Waals surface area contributed by atoms with Crippen molar-refractivity contribution in [3.8, 4) is 0 Å². The molecular formula is C39H54Cl3CoN3. The van der Waals surface area contributed by atoms with E-state index >= 15 is 0 Å². The third kappa shape index (κ3) is 13.1. The number of hydrogen-bond donors (Lipinski definition) is 0. The van der Waals surface area contributed by atoms with E-state index in [2.05, 4.69) is 79.7 Å². The summed E-state index contributed by atoms with van der Waals surface area (Å²) >= 11 is 6.73. The first kappa shape index (κ1) is 44.3. The molecule has 1 heterocycles. The van der Waals surface area contributed by atoms with Gasteiger partial charge >= 0.3 is 16.8 Å². The molecule has 0 N–H and O–H groups in total. The van der Waals surface area contributed by atoms with Crippen LogP contribution in [0.1, 0.15) is 138 Å². The predicted octanol–water partition coefficient (Wildman–Crippen LogP) is 6.01. The molecule has 3 rings (SSSR count). The fraction of sp³-hybridized carbons (Fsp3) is 0.513. The third-order valence-electron chi connectivity index (χ3n) is 8.11. The fourth-order valence-electron chi connectivity index (χ4n) is 5.70. The van der Waals surface area contributed by atoms with Gasteiger partial charge in [0, 0.05) is 5.02 Å². The van der Waals surface area contributed by atoms with Crippen LogP contribution in [0.25, 0.3) is 0 Å². The number of benzene rings is 2. The van der Waals surface area contributed by atoms with Crippen LogP contribution in [0.2, 0.25) is 5.02 Å². The Labute approximate surface area is 308 Å². The van der Waals surface area contributed by atoms with Crippen molar-refractivity contribution < 1.29 is 41.6 Å². The number of nitrogens with zero attached hydrogens (tertiary/aromatic N) is 3. The molecule has 255 valence electrons. The molecule has 2 aromatic carbocycles. The Morgan fingerprint density at radius 3 is 1.11 bits per heavy atom. The summed E-state index contributed by atoms with van der Waals surface area (Å²) in [4.78, 5) is 15.6. The van der Waals surface area contributed by atoms with Gasteiger partial charge < -0.3 is 24.8 Å². The van der Waals surface area contributed by atoms with Gasteiger partial charge in [-0.3, -0.25) is 9.98 Å².